The van der Waals surface area contributed by atoms with Crippen molar-refractivity contribution in [3.63, 3.8) is 0 Å². The molecule has 2 rings (SSSR count). The molecule has 1 saturated heterocycles. The Hall–Kier alpha value is -0.940. The number of aliphatic hydroxyl groups is 1. The van der Waals surface area contributed by atoms with Crippen LogP contribution >= 0.6 is 0 Å². The average Bonchev–Trinajstić information content (AvgIpc) is 2.72. The highest BCUT2D eigenvalue weighted by atomic mass is 16.4. The number of piperidine rings is 1. The fourth-order valence-corrected chi connectivity index (χ4v) is 2.01. The minimum absolute atomic E-state index is 0.240. The molecule has 1 aromatic heterocycles. The first kappa shape index (κ1) is 12.5. The third-order valence-corrected chi connectivity index (χ3v) is 3.34. The molecule has 0 saturated carbocycles. The largest absolute Gasteiger partial charge is 0.424 e. The van der Waals surface area contributed by atoms with Gasteiger partial charge in [-0.15, -0.1) is 10.2 Å². The van der Waals surface area contributed by atoms with Gasteiger partial charge in [-0.2, -0.15) is 0 Å². The average molecular weight is 239 g/mol. The topological polar surface area (TPSA) is 62.4 Å². The molecule has 1 N–H and O–H groups in total. The first-order valence-corrected chi connectivity index (χ1v) is 6.29. The van der Waals surface area contributed by atoms with Gasteiger partial charge >= 0.3 is 0 Å². The van der Waals surface area contributed by atoms with Gasteiger partial charge in [-0.25, -0.2) is 0 Å². The van der Waals surface area contributed by atoms with E-state index in [-0.39, 0.29) is 12.0 Å². The van der Waals surface area contributed by atoms with Crippen molar-refractivity contribution in [1.82, 2.24) is 15.1 Å². The van der Waals surface area contributed by atoms with Gasteiger partial charge in [0.05, 0.1) is 12.6 Å². The van der Waals surface area contributed by atoms with Crippen LogP contribution in [0.3, 0.4) is 0 Å². The summed E-state index contributed by atoms with van der Waals surface area (Å²) in [5.41, 5.74) is 0. The van der Waals surface area contributed by atoms with Crippen LogP contribution in [0.5, 0.6) is 0 Å². The van der Waals surface area contributed by atoms with E-state index in [1.165, 1.54) is 0 Å². The van der Waals surface area contributed by atoms with Crippen LogP contribution in [0.2, 0.25) is 0 Å². The highest BCUT2D eigenvalue weighted by molar-refractivity contribution is 4.88. The van der Waals surface area contributed by atoms with Crippen LogP contribution in [0.25, 0.3) is 0 Å². The van der Waals surface area contributed by atoms with Crippen molar-refractivity contribution >= 4 is 0 Å². The Balaban J connectivity index is 1.92. The predicted octanol–water partition coefficient (Wildman–Crippen LogP) is 1.40. The highest BCUT2D eigenvalue weighted by Crippen LogP contribution is 2.19. The quantitative estimate of drug-likeness (QED) is 0.863. The van der Waals surface area contributed by atoms with E-state index in [4.69, 9.17) is 4.42 Å². The number of aliphatic hydroxyl groups excluding tert-OH is 1. The van der Waals surface area contributed by atoms with Gasteiger partial charge in [0.15, 0.2) is 0 Å². The molecule has 0 radical (unpaired) electrons. The second-order valence-corrected chi connectivity index (χ2v) is 5.26. The van der Waals surface area contributed by atoms with Gasteiger partial charge in [0.1, 0.15) is 0 Å². The SMILES string of the molecule is CC(C)c1nnc(CN2CCC(C)C(O)C2)o1. The third-order valence-electron chi connectivity index (χ3n) is 3.34. The van der Waals surface area contributed by atoms with Gasteiger partial charge < -0.3 is 9.52 Å². The van der Waals surface area contributed by atoms with Crippen LogP contribution in [0.4, 0.5) is 0 Å². The maximum atomic E-state index is 9.81. The van der Waals surface area contributed by atoms with Crippen molar-refractivity contribution in [3.8, 4) is 0 Å². The number of likely N-dealkylation sites (tertiary alicyclic amines) is 1. The fraction of sp³-hybridized carbons (Fsp3) is 0.833. The molecule has 1 fully saturated rings. The molecule has 5 nitrogen and oxygen atoms in total. The zero-order chi connectivity index (χ0) is 12.4. The predicted molar refractivity (Wildman–Crippen MR) is 63.5 cm³/mol. The minimum Gasteiger partial charge on any atom is -0.424 e. The molecule has 0 aromatic carbocycles. The lowest BCUT2D eigenvalue weighted by atomic mass is 9.96. The number of rotatable bonds is 3. The van der Waals surface area contributed by atoms with Gasteiger partial charge in [-0.3, -0.25) is 4.90 Å². The molecule has 0 bridgehead atoms. The summed E-state index contributed by atoms with van der Waals surface area (Å²) in [6.07, 6.45) is 0.781. The molecule has 2 atom stereocenters. The van der Waals surface area contributed by atoms with E-state index in [0.29, 0.717) is 30.8 Å². The summed E-state index contributed by atoms with van der Waals surface area (Å²) >= 11 is 0. The van der Waals surface area contributed by atoms with Gasteiger partial charge in [0.2, 0.25) is 11.8 Å². The molecule has 1 aromatic rings. The van der Waals surface area contributed by atoms with E-state index < -0.39 is 0 Å². The summed E-state index contributed by atoms with van der Waals surface area (Å²) < 4.78 is 5.56. The van der Waals surface area contributed by atoms with Crippen LogP contribution in [0, 0.1) is 5.92 Å². The summed E-state index contributed by atoms with van der Waals surface area (Å²) in [7, 11) is 0. The Morgan fingerprint density at radius 2 is 2.24 bits per heavy atom. The van der Waals surface area contributed by atoms with Crippen molar-refractivity contribution in [2.75, 3.05) is 13.1 Å². The number of hydrogen-bond donors (Lipinski definition) is 1. The molecule has 0 aliphatic carbocycles. The number of β-amino-alcohol motifs (C(OH)–C–C–N with tert-alkyl or cyclic N) is 1. The summed E-state index contributed by atoms with van der Waals surface area (Å²) in [4.78, 5) is 2.17. The maximum Gasteiger partial charge on any atom is 0.230 e. The number of hydrogen-bond acceptors (Lipinski definition) is 5. The zero-order valence-corrected chi connectivity index (χ0v) is 10.8. The van der Waals surface area contributed by atoms with Crippen molar-refractivity contribution in [2.45, 2.75) is 45.8 Å². The molecule has 0 spiro atoms. The summed E-state index contributed by atoms with van der Waals surface area (Å²) in [6, 6.07) is 0. The fourth-order valence-electron chi connectivity index (χ4n) is 2.01. The molecular weight excluding hydrogens is 218 g/mol. The molecule has 5 heteroatoms. The van der Waals surface area contributed by atoms with E-state index in [2.05, 4.69) is 22.0 Å². The molecule has 0 amide bonds. The Bertz CT molecular complexity index is 364. The summed E-state index contributed by atoms with van der Waals surface area (Å²) in [6.45, 7) is 8.47. The lowest BCUT2D eigenvalue weighted by Gasteiger charge is -2.33. The Kier molecular flexibility index (Phi) is 3.79. The smallest absolute Gasteiger partial charge is 0.230 e. The zero-order valence-electron chi connectivity index (χ0n) is 10.8. The first-order chi connectivity index (χ1) is 8.06. The standard InChI is InChI=1S/C12H21N3O2/c1-8(2)12-14-13-11(17-12)7-15-5-4-9(3)10(16)6-15/h8-10,16H,4-7H2,1-3H3. The Morgan fingerprint density at radius 1 is 1.47 bits per heavy atom. The van der Waals surface area contributed by atoms with Gasteiger partial charge in [-0.05, 0) is 18.9 Å². The van der Waals surface area contributed by atoms with E-state index in [0.717, 1.165) is 13.0 Å². The van der Waals surface area contributed by atoms with Crippen LogP contribution < -0.4 is 0 Å². The second kappa shape index (κ2) is 5.14. The molecule has 1 aliphatic heterocycles. The molecule has 2 heterocycles. The Morgan fingerprint density at radius 3 is 2.82 bits per heavy atom. The lowest BCUT2D eigenvalue weighted by Crippen LogP contribution is -2.42. The van der Waals surface area contributed by atoms with Crippen LogP contribution in [0.1, 0.15) is 44.9 Å². The van der Waals surface area contributed by atoms with Crippen molar-refractivity contribution in [1.29, 1.82) is 0 Å². The molecule has 96 valence electrons. The normalized spacial score (nSPS) is 26.6. The summed E-state index contributed by atoms with van der Waals surface area (Å²) in [5.74, 6) is 1.99. The monoisotopic (exact) mass is 239 g/mol. The van der Waals surface area contributed by atoms with Crippen molar-refractivity contribution in [3.05, 3.63) is 11.8 Å². The number of aromatic nitrogens is 2. The van der Waals surface area contributed by atoms with Crippen LogP contribution in [-0.4, -0.2) is 39.4 Å². The third kappa shape index (κ3) is 3.04. The maximum absolute atomic E-state index is 9.81. The van der Waals surface area contributed by atoms with Gasteiger partial charge in [-0.1, -0.05) is 20.8 Å². The lowest BCUT2D eigenvalue weighted by molar-refractivity contribution is 0.0225. The second-order valence-electron chi connectivity index (χ2n) is 5.26. The van der Waals surface area contributed by atoms with Crippen molar-refractivity contribution < 1.29 is 9.52 Å². The first-order valence-electron chi connectivity index (χ1n) is 6.29. The van der Waals surface area contributed by atoms with Gasteiger partial charge in [0, 0.05) is 12.5 Å². The van der Waals surface area contributed by atoms with Crippen molar-refractivity contribution in [2.24, 2.45) is 5.92 Å². The number of nitrogens with zero attached hydrogens (tertiary/aromatic N) is 3. The molecular formula is C12H21N3O2. The molecule has 2 unspecified atom stereocenters. The van der Waals surface area contributed by atoms with Crippen LogP contribution in [-0.2, 0) is 6.54 Å². The Labute approximate surface area is 102 Å². The minimum atomic E-state index is -0.240. The van der Waals surface area contributed by atoms with E-state index in [9.17, 15) is 5.11 Å². The van der Waals surface area contributed by atoms with Gasteiger partial charge in [0.25, 0.3) is 0 Å². The highest BCUT2D eigenvalue weighted by Gasteiger charge is 2.25. The molecule has 17 heavy (non-hydrogen) atoms. The van der Waals surface area contributed by atoms with E-state index in [1.807, 2.05) is 13.8 Å². The van der Waals surface area contributed by atoms with E-state index in [1.54, 1.807) is 0 Å². The molecule has 1 aliphatic rings. The summed E-state index contributed by atoms with van der Waals surface area (Å²) in [5, 5.41) is 17.9. The van der Waals surface area contributed by atoms with E-state index >= 15 is 0 Å². The van der Waals surface area contributed by atoms with Crippen LogP contribution in [0.15, 0.2) is 4.42 Å².